The molecule has 0 aromatic carbocycles. The number of hydrogen-bond acceptors (Lipinski definition) is 5. The molecule has 1 aliphatic rings. The van der Waals surface area contributed by atoms with Crippen LogP contribution in [0.25, 0.3) is 0 Å². The van der Waals surface area contributed by atoms with Crippen LogP contribution in [0, 0.1) is 0 Å². The summed E-state index contributed by atoms with van der Waals surface area (Å²) in [4.78, 5) is 22.7. The molecular weight excluding hydrogens is 485 g/mol. The van der Waals surface area contributed by atoms with Gasteiger partial charge in [0.25, 0.3) is 0 Å². The number of carbonyl (C=O) groups excluding carboxylic acids is 1. The van der Waals surface area contributed by atoms with E-state index in [1.54, 1.807) is 18.1 Å². The number of amides is 1. The summed E-state index contributed by atoms with van der Waals surface area (Å²) in [6.07, 6.45) is 3.39. The van der Waals surface area contributed by atoms with Crippen molar-refractivity contribution in [2.75, 3.05) is 20.1 Å². The van der Waals surface area contributed by atoms with Gasteiger partial charge in [0.2, 0.25) is 5.89 Å². The number of halogens is 1. The van der Waals surface area contributed by atoms with Crippen LogP contribution in [0.3, 0.4) is 0 Å². The Kier molecular flexibility index (Phi) is 9.23. The Labute approximate surface area is 191 Å². The van der Waals surface area contributed by atoms with Crippen molar-refractivity contribution in [3.8, 4) is 0 Å². The number of nitrogens with one attached hydrogen (secondary N) is 2. The van der Waals surface area contributed by atoms with E-state index in [2.05, 4.69) is 41.4 Å². The second-order valence-electron chi connectivity index (χ2n) is 9.20. The van der Waals surface area contributed by atoms with Crippen molar-refractivity contribution in [1.29, 1.82) is 0 Å². The number of carbonyl (C=O) groups is 1. The molecule has 1 aromatic heterocycles. The first kappa shape index (κ1) is 25.5. The lowest BCUT2D eigenvalue weighted by Crippen LogP contribution is -2.53. The van der Waals surface area contributed by atoms with Gasteiger partial charge in [0.05, 0.1) is 12.7 Å². The molecule has 166 valence electrons. The molecule has 0 radical (unpaired) electrons. The van der Waals surface area contributed by atoms with Crippen LogP contribution in [-0.2, 0) is 16.7 Å². The molecular formula is C20H36IN5O3. The largest absolute Gasteiger partial charge is 0.444 e. The lowest BCUT2D eigenvalue weighted by molar-refractivity contribution is 0.0193. The third-order valence-corrected chi connectivity index (χ3v) is 4.34. The Morgan fingerprint density at radius 1 is 1.34 bits per heavy atom. The zero-order valence-electron chi connectivity index (χ0n) is 18.7. The Bertz CT molecular complexity index is 691. The number of oxazole rings is 1. The summed E-state index contributed by atoms with van der Waals surface area (Å²) in [5.74, 6) is 2.13. The predicted octanol–water partition coefficient (Wildman–Crippen LogP) is 3.65. The van der Waals surface area contributed by atoms with Gasteiger partial charge in [-0.2, -0.15) is 0 Å². The van der Waals surface area contributed by atoms with Gasteiger partial charge in [-0.15, -0.1) is 24.0 Å². The molecule has 1 saturated heterocycles. The zero-order valence-corrected chi connectivity index (χ0v) is 21.0. The predicted molar refractivity (Wildman–Crippen MR) is 125 cm³/mol. The maximum atomic E-state index is 12.3. The first-order valence-electron chi connectivity index (χ1n) is 9.88. The minimum atomic E-state index is -0.489. The van der Waals surface area contributed by atoms with Gasteiger partial charge < -0.3 is 24.7 Å². The van der Waals surface area contributed by atoms with Crippen molar-refractivity contribution in [2.45, 2.75) is 78.0 Å². The van der Waals surface area contributed by atoms with Crippen LogP contribution in [0.15, 0.2) is 15.6 Å². The van der Waals surface area contributed by atoms with Crippen molar-refractivity contribution in [3.05, 3.63) is 17.8 Å². The second kappa shape index (κ2) is 10.5. The van der Waals surface area contributed by atoms with Gasteiger partial charge in [-0.3, -0.25) is 4.99 Å². The lowest BCUT2D eigenvalue weighted by atomic mass is 9.94. The fourth-order valence-corrected chi connectivity index (χ4v) is 2.87. The molecule has 1 atom stereocenters. The molecule has 1 aliphatic heterocycles. The van der Waals surface area contributed by atoms with Gasteiger partial charge in [-0.25, -0.2) is 9.78 Å². The number of aliphatic imine (C=N–C) groups is 1. The highest BCUT2D eigenvalue weighted by molar-refractivity contribution is 14.0. The van der Waals surface area contributed by atoms with Crippen LogP contribution in [0.5, 0.6) is 0 Å². The monoisotopic (exact) mass is 521 g/mol. The molecule has 1 unspecified atom stereocenters. The molecule has 1 aromatic rings. The third kappa shape index (κ3) is 8.39. The minimum absolute atomic E-state index is 0. The first-order valence-corrected chi connectivity index (χ1v) is 9.88. The van der Waals surface area contributed by atoms with E-state index in [-0.39, 0.29) is 41.5 Å². The molecule has 0 bridgehead atoms. The SMILES string of the molecule is CN=C(NCc1ncc(C(C)(C)C)o1)NC1CCCN(C(=O)OC(C)(C)C)C1.I. The van der Waals surface area contributed by atoms with Crippen molar-refractivity contribution >= 4 is 36.0 Å². The quantitative estimate of drug-likeness (QED) is 0.359. The first-order chi connectivity index (χ1) is 13.0. The van der Waals surface area contributed by atoms with Crippen LogP contribution in [-0.4, -0.2) is 53.7 Å². The molecule has 9 heteroatoms. The van der Waals surface area contributed by atoms with Crippen LogP contribution in [0.2, 0.25) is 0 Å². The van der Waals surface area contributed by atoms with Crippen LogP contribution in [0.1, 0.15) is 66.0 Å². The second-order valence-corrected chi connectivity index (χ2v) is 9.20. The Morgan fingerprint density at radius 2 is 2.03 bits per heavy atom. The molecule has 1 fully saturated rings. The molecule has 1 amide bonds. The number of aromatic nitrogens is 1. The zero-order chi connectivity index (χ0) is 20.9. The van der Waals surface area contributed by atoms with E-state index in [4.69, 9.17) is 9.15 Å². The average molecular weight is 521 g/mol. The van der Waals surface area contributed by atoms with Crippen molar-refractivity contribution in [1.82, 2.24) is 20.5 Å². The van der Waals surface area contributed by atoms with Gasteiger partial charge >= 0.3 is 6.09 Å². The van der Waals surface area contributed by atoms with E-state index in [1.807, 2.05) is 20.8 Å². The number of guanidine groups is 1. The van der Waals surface area contributed by atoms with Gasteiger partial charge in [0.1, 0.15) is 11.4 Å². The van der Waals surface area contributed by atoms with Crippen molar-refractivity contribution < 1.29 is 13.9 Å². The molecule has 29 heavy (non-hydrogen) atoms. The smallest absolute Gasteiger partial charge is 0.410 e. The fourth-order valence-electron chi connectivity index (χ4n) is 2.87. The number of ether oxygens (including phenoxy) is 1. The Morgan fingerprint density at radius 3 is 2.59 bits per heavy atom. The summed E-state index contributed by atoms with van der Waals surface area (Å²) in [6.45, 7) is 13.6. The van der Waals surface area contributed by atoms with Gasteiger partial charge in [-0.05, 0) is 33.6 Å². The number of nitrogens with zero attached hydrogens (tertiary/aromatic N) is 3. The standard InChI is InChI=1S/C20H35N5O3.HI/c1-19(2,3)15-11-22-16(27-15)12-23-17(21-7)24-14-9-8-10-25(13-14)18(26)28-20(4,5)6;/h11,14H,8-10,12-13H2,1-7H3,(H2,21,23,24);1H. The molecule has 0 spiro atoms. The number of hydrogen-bond donors (Lipinski definition) is 2. The van der Waals surface area contributed by atoms with E-state index in [0.717, 1.165) is 18.6 Å². The highest BCUT2D eigenvalue weighted by Crippen LogP contribution is 2.22. The van der Waals surface area contributed by atoms with Gasteiger partial charge in [0, 0.05) is 31.6 Å². The molecule has 2 heterocycles. The molecule has 0 saturated carbocycles. The van der Waals surface area contributed by atoms with E-state index < -0.39 is 5.60 Å². The highest BCUT2D eigenvalue weighted by Gasteiger charge is 2.28. The Balaban J connectivity index is 0.00000420. The Hall–Kier alpha value is -1.52. The van der Waals surface area contributed by atoms with Crippen molar-refractivity contribution in [2.24, 2.45) is 4.99 Å². The summed E-state index contributed by atoms with van der Waals surface area (Å²) in [6, 6.07) is 0.113. The normalized spacial score (nSPS) is 18.1. The molecule has 0 aliphatic carbocycles. The van der Waals surface area contributed by atoms with E-state index >= 15 is 0 Å². The summed E-state index contributed by atoms with van der Waals surface area (Å²) >= 11 is 0. The van der Waals surface area contributed by atoms with Crippen LogP contribution in [0.4, 0.5) is 4.79 Å². The summed E-state index contributed by atoms with van der Waals surface area (Å²) < 4.78 is 11.3. The highest BCUT2D eigenvalue weighted by atomic mass is 127. The van der Waals surface area contributed by atoms with Crippen LogP contribution < -0.4 is 10.6 Å². The molecule has 2 rings (SSSR count). The number of rotatable bonds is 3. The lowest BCUT2D eigenvalue weighted by Gasteiger charge is -2.34. The average Bonchev–Trinajstić information content (AvgIpc) is 3.06. The molecule has 8 nitrogen and oxygen atoms in total. The number of piperidine rings is 1. The third-order valence-electron chi connectivity index (χ3n) is 4.34. The summed E-state index contributed by atoms with van der Waals surface area (Å²) in [5.41, 5.74) is -0.560. The minimum Gasteiger partial charge on any atom is -0.444 e. The van der Waals surface area contributed by atoms with Gasteiger partial charge in [-0.1, -0.05) is 20.8 Å². The van der Waals surface area contributed by atoms with Crippen LogP contribution >= 0.6 is 24.0 Å². The van der Waals surface area contributed by atoms with E-state index in [1.165, 1.54) is 0 Å². The maximum Gasteiger partial charge on any atom is 0.410 e. The van der Waals surface area contributed by atoms with Crippen molar-refractivity contribution in [3.63, 3.8) is 0 Å². The maximum absolute atomic E-state index is 12.3. The fraction of sp³-hybridized carbons (Fsp3) is 0.750. The molecule has 2 N–H and O–H groups in total. The number of likely N-dealkylation sites (tertiary alicyclic amines) is 1. The van der Waals surface area contributed by atoms with Gasteiger partial charge in [0.15, 0.2) is 5.96 Å². The van der Waals surface area contributed by atoms with E-state index in [0.29, 0.717) is 31.5 Å². The summed E-state index contributed by atoms with van der Waals surface area (Å²) in [5, 5.41) is 6.61. The topological polar surface area (TPSA) is 92.0 Å². The van der Waals surface area contributed by atoms with E-state index in [9.17, 15) is 4.79 Å². The summed E-state index contributed by atoms with van der Waals surface area (Å²) in [7, 11) is 1.72.